The monoisotopic (exact) mass is 364 g/mol. The van der Waals surface area contributed by atoms with Crippen molar-refractivity contribution in [2.45, 2.75) is 24.3 Å². The maximum atomic E-state index is 13.6. The molecule has 0 atom stereocenters. The lowest BCUT2D eigenvalue weighted by Crippen LogP contribution is -2.23. The first-order chi connectivity index (χ1) is 11.5. The van der Waals surface area contributed by atoms with Crippen molar-refractivity contribution in [3.05, 3.63) is 65.5 Å². The van der Waals surface area contributed by atoms with Crippen molar-refractivity contribution in [1.82, 2.24) is 0 Å². The summed E-state index contributed by atoms with van der Waals surface area (Å²) in [4.78, 5) is 0.155. The summed E-state index contributed by atoms with van der Waals surface area (Å²) in [5, 5.41) is 20.5. The zero-order valence-electron chi connectivity index (χ0n) is 14.3. The molecule has 0 aliphatic heterocycles. The topological polar surface area (TPSA) is 74.6 Å². The molecule has 0 amide bonds. The summed E-state index contributed by atoms with van der Waals surface area (Å²) in [6, 6.07) is 11.8. The van der Waals surface area contributed by atoms with Gasteiger partial charge in [0.2, 0.25) is 0 Å². The van der Waals surface area contributed by atoms with Crippen LogP contribution in [0.25, 0.3) is 11.1 Å². The van der Waals surface area contributed by atoms with Gasteiger partial charge in [-0.1, -0.05) is 24.3 Å². The first-order valence-corrected chi connectivity index (χ1v) is 9.56. The van der Waals surface area contributed by atoms with Crippen molar-refractivity contribution in [3.8, 4) is 0 Å². The number of aliphatic hydroxyl groups is 2. The average Bonchev–Trinajstić information content (AvgIpc) is 2.50. The molecule has 4 nitrogen and oxygen atoms in total. The van der Waals surface area contributed by atoms with Gasteiger partial charge in [0.15, 0.2) is 9.84 Å². The van der Waals surface area contributed by atoms with Crippen LogP contribution in [0.3, 0.4) is 0 Å². The van der Waals surface area contributed by atoms with Crippen LogP contribution in [0.15, 0.2) is 53.4 Å². The van der Waals surface area contributed by atoms with Crippen LogP contribution in [0.5, 0.6) is 0 Å². The van der Waals surface area contributed by atoms with E-state index >= 15 is 0 Å². The average molecular weight is 364 g/mol. The van der Waals surface area contributed by atoms with Crippen LogP contribution in [-0.2, 0) is 9.84 Å². The molecule has 0 aliphatic rings. The third kappa shape index (κ3) is 4.54. The van der Waals surface area contributed by atoms with E-state index in [9.17, 15) is 23.0 Å². The van der Waals surface area contributed by atoms with Crippen LogP contribution in [0, 0.1) is 5.82 Å². The second-order valence-electron chi connectivity index (χ2n) is 6.38. The van der Waals surface area contributed by atoms with Crippen LogP contribution in [-0.4, -0.2) is 37.1 Å². The van der Waals surface area contributed by atoms with Crippen LogP contribution in [0.1, 0.15) is 25.0 Å². The third-order valence-corrected chi connectivity index (χ3v) is 4.94. The summed E-state index contributed by atoms with van der Waals surface area (Å²) in [6.07, 6.45) is 1.11. The molecule has 2 rings (SSSR count). The van der Waals surface area contributed by atoms with Crippen LogP contribution >= 0.6 is 0 Å². The molecule has 0 heterocycles. The normalized spacial score (nSPS) is 13.5. The van der Waals surface area contributed by atoms with E-state index < -0.39 is 27.9 Å². The molecule has 0 saturated carbocycles. The first kappa shape index (κ1) is 19.3. The van der Waals surface area contributed by atoms with Gasteiger partial charge in [0.1, 0.15) is 5.82 Å². The van der Waals surface area contributed by atoms with E-state index in [1.54, 1.807) is 32.0 Å². The molecule has 2 aromatic carbocycles. The standard InChI is InChI=1S/C19H21FO4S/c1-19(2,22)18(13-7-9-16(10-8-13)25(3,23)24)17(12-21)14-5-4-6-15(20)11-14/h4-11,21-22H,12H2,1-3H3/b18-17+. The zero-order chi connectivity index (χ0) is 18.8. The largest absolute Gasteiger partial charge is 0.392 e. The van der Waals surface area contributed by atoms with Crippen molar-refractivity contribution in [2.75, 3.05) is 12.9 Å². The summed E-state index contributed by atoms with van der Waals surface area (Å²) < 4.78 is 36.8. The Morgan fingerprint density at radius 1 is 1.08 bits per heavy atom. The van der Waals surface area contributed by atoms with Gasteiger partial charge in [0.05, 0.1) is 17.1 Å². The van der Waals surface area contributed by atoms with Gasteiger partial charge in [0.25, 0.3) is 0 Å². The molecule has 0 bridgehead atoms. The Labute approximate surface area is 147 Å². The number of aliphatic hydroxyl groups excluding tert-OH is 1. The fourth-order valence-electron chi connectivity index (χ4n) is 2.76. The lowest BCUT2D eigenvalue weighted by molar-refractivity contribution is 0.143. The molecule has 134 valence electrons. The highest BCUT2D eigenvalue weighted by molar-refractivity contribution is 7.90. The minimum Gasteiger partial charge on any atom is -0.392 e. The quantitative estimate of drug-likeness (QED) is 0.800. The smallest absolute Gasteiger partial charge is 0.175 e. The number of rotatable bonds is 5. The summed E-state index contributed by atoms with van der Waals surface area (Å²) in [7, 11) is -3.34. The van der Waals surface area contributed by atoms with E-state index in [1.807, 2.05) is 0 Å². The molecule has 2 aromatic rings. The van der Waals surface area contributed by atoms with Crippen LogP contribution in [0.4, 0.5) is 4.39 Å². The number of sulfone groups is 1. The summed E-state index contributed by atoms with van der Waals surface area (Å²) >= 11 is 0. The van der Waals surface area contributed by atoms with Gasteiger partial charge in [-0.15, -0.1) is 0 Å². The molecule has 0 fully saturated rings. The maximum Gasteiger partial charge on any atom is 0.175 e. The Bertz CT molecular complexity index is 892. The molecule has 0 radical (unpaired) electrons. The van der Waals surface area contributed by atoms with Gasteiger partial charge in [-0.05, 0) is 60.4 Å². The van der Waals surface area contributed by atoms with Crippen LogP contribution < -0.4 is 0 Å². The highest BCUT2D eigenvalue weighted by Gasteiger charge is 2.26. The highest BCUT2D eigenvalue weighted by atomic mass is 32.2. The molecular formula is C19H21FO4S. The van der Waals surface area contributed by atoms with E-state index in [0.29, 0.717) is 22.3 Å². The maximum absolute atomic E-state index is 13.6. The van der Waals surface area contributed by atoms with Gasteiger partial charge in [-0.3, -0.25) is 0 Å². The Morgan fingerprint density at radius 3 is 2.12 bits per heavy atom. The van der Waals surface area contributed by atoms with Crippen molar-refractivity contribution >= 4 is 21.0 Å². The van der Waals surface area contributed by atoms with Gasteiger partial charge in [-0.25, -0.2) is 12.8 Å². The number of hydrogen-bond donors (Lipinski definition) is 2. The lowest BCUT2D eigenvalue weighted by atomic mass is 9.85. The Balaban J connectivity index is 2.71. The summed E-state index contributed by atoms with van der Waals surface area (Å²) in [5.74, 6) is -0.453. The fraction of sp³-hybridized carbons (Fsp3) is 0.263. The van der Waals surface area contributed by atoms with Crippen LogP contribution in [0.2, 0.25) is 0 Å². The first-order valence-electron chi connectivity index (χ1n) is 7.67. The Hall–Kier alpha value is -2.02. The SMILES string of the molecule is CC(C)(O)/C(=C(\CO)c1cccc(F)c1)c1ccc(S(C)(=O)=O)cc1. The molecule has 6 heteroatoms. The van der Waals surface area contributed by atoms with Crippen molar-refractivity contribution in [1.29, 1.82) is 0 Å². The number of halogens is 1. The molecule has 0 aliphatic carbocycles. The van der Waals surface area contributed by atoms with E-state index in [2.05, 4.69) is 0 Å². The second-order valence-corrected chi connectivity index (χ2v) is 8.39. The van der Waals surface area contributed by atoms with Crippen molar-refractivity contribution in [3.63, 3.8) is 0 Å². The minimum absolute atomic E-state index is 0.155. The molecule has 2 N–H and O–H groups in total. The van der Waals surface area contributed by atoms with E-state index in [0.717, 1.165) is 6.26 Å². The molecule has 0 spiro atoms. The summed E-state index contributed by atoms with van der Waals surface area (Å²) in [5.41, 5.74) is 0.441. The Kier molecular flexibility index (Phi) is 5.46. The Morgan fingerprint density at radius 2 is 1.68 bits per heavy atom. The summed E-state index contributed by atoms with van der Waals surface area (Å²) in [6.45, 7) is 2.71. The number of benzene rings is 2. The van der Waals surface area contributed by atoms with E-state index in [4.69, 9.17) is 0 Å². The highest BCUT2D eigenvalue weighted by Crippen LogP contribution is 2.35. The predicted molar refractivity (Wildman–Crippen MR) is 96.1 cm³/mol. The lowest BCUT2D eigenvalue weighted by Gasteiger charge is -2.26. The number of hydrogen-bond acceptors (Lipinski definition) is 4. The van der Waals surface area contributed by atoms with Crippen molar-refractivity contribution in [2.24, 2.45) is 0 Å². The van der Waals surface area contributed by atoms with Gasteiger partial charge in [0, 0.05) is 6.26 Å². The molecule has 0 unspecified atom stereocenters. The van der Waals surface area contributed by atoms with Crippen molar-refractivity contribution < 1.29 is 23.0 Å². The third-order valence-electron chi connectivity index (χ3n) is 3.82. The zero-order valence-corrected chi connectivity index (χ0v) is 15.1. The van der Waals surface area contributed by atoms with Gasteiger partial charge in [-0.2, -0.15) is 0 Å². The molecular weight excluding hydrogens is 343 g/mol. The molecule has 0 saturated heterocycles. The second kappa shape index (κ2) is 7.07. The van der Waals surface area contributed by atoms with E-state index in [1.165, 1.54) is 30.3 Å². The van der Waals surface area contributed by atoms with E-state index in [-0.39, 0.29) is 4.90 Å². The molecule has 0 aromatic heterocycles. The van der Waals surface area contributed by atoms with Gasteiger partial charge >= 0.3 is 0 Å². The molecule has 25 heavy (non-hydrogen) atoms. The van der Waals surface area contributed by atoms with Gasteiger partial charge < -0.3 is 10.2 Å². The fourth-order valence-corrected chi connectivity index (χ4v) is 3.39. The predicted octanol–water partition coefficient (Wildman–Crippen LogP) is 2.90. The minimum atomic E-state index is -3.34.